The van der Waals surface area contributed by atoms with Crippen LogP contribution in [0, 0.1) is 5.92 Å². The Morgan fingerprint density at radius 3 is 2.81 bits per heavy atom. The molecule has 1 saturated heterocycles. The smallest absolute Gasteiger partial charge is 0.405 e. The van der Waals surface area contributed by atoms with Gasteiger partial charge >= 0.3 is 6.09 Å². The molecule has 7 nitrogen and oxygen atoms in total. The molecular weight excluding hydrogens is 274 g/mol. The minimum atomic E-state index is -1.17. The van der Waals surface area contributed by atoms with Gasteiger partial charge in [-0.25, -0.2) is 4.79 Å². The summed E-state index contributed by atoms with van der Waals surface area (Å²) in [6.07, 6.45) is 1.79. The lowest BCUT2D eigenvalue weighted by molar-refractivity contribution is -0.134. The summed E-state index contributed by atoms with van der Waals surface area (Å²) >= 11 is 0. The van der Waals surface area contributed by atoms with Crippen LogP contribution in [0.4, 0.5) is 4.79 Å². The van der Waals surface area contributed by atoms with Crippen LogP contribution in [0.25, 0.3) is 0 Å². The van der Waals surface area contributed by atoms with E-state index in [-0.39, 0.29) is 23.9 Å². The van der Waals surface area contributed by atoms with E-state index in [1.54, 1.807) is 4.90 Å². The number of amides is 2. The Morgan fingerprint density at radius 2 is 2.19 bits per heavy atom. The molecule has 0 spiro atoms. The Hall–Kier alpha value is -1.34. The highest BCUT2D eigenvalue weighted by atomic mass is 16.4. The monoisotopic (exact) mass is 299 g/mol. The number of nitrogens with two attached hydrogens (primary N) is 1. The molecule has 7 heteroatoms. The van der Waals surface area contributed by atoms with Crippen molar-refractivity contribution in [3.05, 3.63) is 0 Å². The van der Waals surface area contributed by atoms with Gasteiger partial charge in [0.2, 0.25) is 5.91 Å². The zero-order valence-electron chi connectivity index (χ0n) is 12.4. The van der Waals surface area contributed by atoms with Crippen molar-refractivity contribution in [2.45, 2.75) is 63.3 Å². The van der Waals surface area contributed by atoms with Gasteiger partial charge in [0.1, 0.15) is 6.04 Å². The molecule has 0 aromatic rings. The number of nitrogens with one attached hydrogen (secondary N) is 1. The van der Waals surface area contributed by atoms with Crippen LogP contribution in [-0.4, -0.2) is 57.9 Å². The summed E-state index contributed by atoms with van der Waals surface area (Å²) in [4.78, 5) is 24.8. The zero-order valence-corrected chi connectivity index (χ0v) is 12.4. The number of hydrogen-bond acceptors (Lipinski definition) is 4. The first kappa shape index (κ1) is 16.0. The largest absolute Gasteiger partial charge is 0.465 e. The van der Waals surface area contributed by atoms with Gasteiger partial charge < -0.3 is 26.2 Å². The molecular formula is C14H25N3O4. The molecule has 2 aliphatic rings. The van der Waals surface area contributed by atoms with E-state index in [0.717, 1.165) is 12.8 Å². The fourth-order valence-electron chi connectivity index (χ4n) is 3.64. The SMILES string of the molecule is CCC(O)[C@@H]1C[C@H](N)CC[C@@H]1N1CC[C@H](NC(=O)O)C1=O. The predicted octanol–water partition coefficient (Wildman–Crippen LogP) is 0.122. The summed E-state index contributed by atoms with van der Waals surface area (Å²) in [6.45, 7) is 2.46. The molecule has 1 aliphatic heterocycles. The van der Waals surface area contributed by atoms with E-state index in [2.05, 4.69) is 5.32 Å². The molecule has 1 heterocycles. The number of rotatable bonds is 4. The fraction of sp³-hybridized carbons (Fsp3) is 0.857. The first-order valence-corrected chi connectivity index (χ1v) is 7.67. The van der Waals surface area contributed by atoms with Gasteiger partial charge in [0.15, 0.2) is 0 Å². The summed E-state index contributed by atoms with van der Waals surface area (Å²) in [7, 11) is 0. The number of nitrogens with zero attached hydrogens (tertiary/aromatic N) is 1. The lowest BCUT2D eigenvalue weighted by Crippen LogP contribution is -2.52. The molecule has 2 amide bonds. The van der Waals surface area contributed by atoms with Crippen molar-refractivity contribution in [3.63, 3.8) is 0 Å². The van der Waals surface area contributed by atoms with Crippen LogP contribution in [0.15, 0.2) is 0 Å². The second-order valence-corrected chi connectivity index (χ2v) is 6.10. The Labute approximate surface area is 124 Å². The summed E-state index contributed by atoms with van der Waals surface area (Å²) in [5.74, 6) is -0.197. The van der Waals surface area contributed by atoms with Gasteiger partial charge in [-0.15, -0.1) is 0 Å². The minimum absolute atomic E-state index is 0.0220. The van der Waals surface area contributed by atoms with Gasteiger partial charge in [-0.1, -0.05) is 6.92 Å². The van der Waals surface area contributed by atoms with Crippen molar-refractivity contribution >= 4 is 12.0 Å². The third-order valence-electron chi connectivity index (χ3n) is 4.75. The molecule has 1 unspecified atom stereocenters. The number of likely N-dealkylation sites (tertiary alicyclic amines) is 1. The average Bonchev–Trinajstić information content (AvgIpc) is 2.79. The van der Waals surface area contributed by atoms with E-state index >= 15 is 0 Å². The molecule has 1 aliphatic carbocycles. The van der Waals surface area contributed by atoms with Crippen LogP contribution in [0.2, 0.25) is 0 Å². The number of carbonyl (C=O) groups is 2. The van der Waals surface area contributed by atoms with Gasteiger partial charge in [-0.3, -0.25) is 4.79 Å². The number of carbonyl (C=O) groups excluding carboxylic acids is 1. The van der Waals surface area contributed by atoms with Crippen LogP contribution < -0.4 is 11.1 Å². The third kappa shape index (κ3) is 3.47. The fourth-order valence-corrected chi connectivity index (χ4v) is 3.64. The van der Waals surface area contributed by atoms with E-state index in [1.165, 1.54) is 0 Å². The number of hydrogen-bond donors (Lipinski definition) is 4. The minimum Gasteiger partial charge on any atom is -0.465 e. The summed E-state index contributed by atoms with van der Waals surface area (Å²) < 4.78 is 0. The van der Waals surface area contributed by atoms with Gasteiger partial charge in [-0.2, -0.15) is 0 Å². The predicted molar refractivity (Wildman–Crippen MR) is 76.7 cm³/mol. The van der Waals surface area contributed by atoms with Crippen molar-refractivity contribution in [1.82, 2.24) is 10.2 Å². The molecule has 21 heavy (non-hydrogen) atoms. The van der Waals surface area contributed by atoms with E-state index in [1.807, 2.05) is 6.92 Å². The van der Waals surface area contributed by atoms with Crippen molar-refractivity contribution in [1.29, 1.82) is 0 Å². The molecule has 2 fully saturated rings. The highest BCUT2D eigenvalue weighted by Crippen LogP contribution is 2.33. The molecule has 5 atom stereocenters. The lowest BCUT2D eigenvalue weighted by atomic mass is 9.77. The molecule has 2 rings (SSSR count). The van der Waals surface area contributed by atoms with E-state index in [0.29, 0.717) is 25.8 Å². The first-order chi connectivity index (χ1) is 9.93. The number of carboxylic acid groups (broad SMARTS) is 1. The van der Waals surface area contributed by atoms with Crippen LogP contribution >= 0.6 is 0 Å². The normalized spacial score (nSPS) is 34.8. The molecule has 120 valence electrons. The number of aliphatic hydroxyl groups excluding tert-OH is 1. The van der Waals surface area contributed by atoms with Gasteiger partial charge in [0.05, 0.1) is 6.10 Å². The third-order valence-corrected chi connectivity index (χ3v) is 4.75. The Bertz CT molecular complexity index is 404. The second kappa shape index (κ2) is 6.62. The first-order valence-electron chi connectivity index (χ1n) is 7.67. The molecule has 0 radical (unpaired) electrons. The van der Waals surface area contributed by atoms with Crippen molar-refractivity contribution in [2.24, 2.45) is 11.7 Å². The van der Waals surface area contributed by atoms with Crippen LogP contribution in [0.5, 0.6) is 0 Å². The van der Waals surface area contributed by atoms with Gasteiger partial charge in [0.25, 0.3) is 0 Å². The quantitative estimate of drug-likeness (QED) is 0.588. The topological polar surface area (TPSA) is 116 Å². The van der Waals surface area contributed by atoms with E-state index in [9.17, 15) is 14.7 Å². The Balaban J connectivity index is 2.08. The van der Waals surface area contributed by atoms with Crippen molar-refractivity contribution in [3.8, 4) is 0 Å². The van der Waals surface area contributed by atoms with Crippen molar-refractivity contribution < 1.29 is 19.8 Å². The van der Waals surface area contributed by atoms with Crippen LogP contribution in [0.3, 0.4) is 0 Å². The number of aliphatic hydroxyl groups is 1. The molecule has 0 aromatic carbocycles. The highest BCUT2D eigenvalue weighted by molar-refractivity contribution is 5.87. The maximum atomic E-state index is 12.4. The molecule has 1 saturated carbocycles. The van der Waals surface area contributed by atoms with Crippen LogP contribution in [-0.2, 0) is 4.79 Å². The molecule has 0 aromatic heterocycles. The van der Waals surface area contributed by atoms with E-state index < -0.39 is 18.2 Å². The lowest BCUT2D eigenvalue weighted by Gasteiger charge is -2.42. The highest BCUT2D eigenvalue weighted by Gasteiger charge is 2.43. The van der Waals surface area contributed by atoms with Crippen LogP contribution in [0.1, 0.15) is 39.0 Å². The molecule has 0 bridgehead atoms. The summed E-state index contributed by atoms with van der Waals surface area (Å²) in [5, 5.41) is 21.3. The van der Waals surface area contributed by atoms with Crippen molar-refractivity contribution in [2.75, 3.05) is 6.54 Å². The Morgan fingerprint density at radius 1 is 1.48 bits per heavy atom. The maximum Gasteiger partial charge on any atom is 0.405 e. The van der Waals surface area contributed by atoms with E-state index in [4.69, 9.17) is 10.8 Å². The second-order valence-electron chi connectivity index (χ2n) is 6.10. The zero-order chi connectivity index (χ0) is 15.6. The summed E-state index contributed by atoms with van der Waals surface area (Å²) in [5.41, 5.74) is 6.00. The van der Waals surface area contributed by atoms with Gasteiger partial charge in [0, 0.05) is 24.5 Å². The Kier molecular flexibility index (Phi) is 5.05. The molecule has 5 N–H and O–H groups in total. The maximum absolute atomic E-state index is 12.4. The average molecular weight is 299 g/mol. The van der Waals surface area contributed by atoms with Gasteiger partial charge in [-0.05, 0) is 32.1 Å². The summed E-state index contributed by atoms with van der Waals surface area (Å²) in [6, 6.07) is -0.622. The standard InChI is InChI=1S/C14H25N3O4/c1-2-12(18)9-7-8(15)3-4-11(9)17-6-5-10(13(17)19)16-14(20)21/h8-12,16,18H,2-7,15H2,1H3,(H,20,21)/t8-,9-,10+,11+,12?/m1/s1.